The summed E-state index contributed by atoms with van der Waals surface area (Å²) in [6.07, 6.45) is 0. The number of thiophene rings is 2. The smallest absolute Gasteiger partial charge is 0.164 e. The lowest BCUT2D eigenvalue weighted by atomic mass is 9.69. The highest BCUT2D eigenvalue weighted by atomic mass is 32.1. The zero-order chi connectivity index (χ0) is 41.7. The Morgan fingerprint density at radius 1 is 0.344 bits per heavy atom. The lowest BCUT2D eigenvalue weighted by molar-refractivity contribution is 0.669. The number of hydrogen-bond acceptors (Lipinski definition) is 6. The number of hydrogen-bond donors (Lipinski definition) is 0. The third-order valence-electron chi connectivity index (χ3n) is 13.7. The summed E-state index contributed by atoms with van der Waals surface area (Å²) in [7, 11) is 0. The van der Waals surface area contributed by atoms with Crippen LogP contribution in [-0.2, 0) is 5.41 Å². The highest BCUT2D eigenvalue weighted by molar-refractivity contribution is 7.26. The minimum absolute atomic E-state index is 0.512. The van der Waals surface area contributed by atoms with Crippen LogP contribution in [0.5, 0.6) is 0 Å². The lowest BCUT2D eigenvalue weighted by Gasteiger charge is -2.31. The van der Waals surface area contributed by atoms with Gasteiger partial charge in [0.1, 0.15) is 11.2 Å². The van der Waals surface area contributed by atoms with Crippen LogP contribution in [0.15, 0.2) is 192 Å². The Morgan fingerprint density at radius 3 is 1.77 bits per heavy atom. The molecule has 4 heterocycles. The van der Waals surface area contributed by atoms with Gasteiger partial charge in [0.25, 0.3) is 0 Å². The number of fused-ring (bicyclic) bond motifs is 20. The quantitative estimate of drug-likeness (QED) is 0.178. The molecule has 6 heteroatoms. The van der Waals surface area contributed by atoms with Gasteiger partial charge in [-0.15, -0.1) is 22.7 Å². The molecule has 2 aliphatic carbocycles. The third-order valence-corrected chi connectivity index (χ3v) is 16.0. The summed E-state index contributed by atoms with van der Waals surface area (Å²) in [4.78, 5) is 15.6. The Bertz CT molecular complexity index is 4110. The van der Waals surface area contributed by atoms with E-state index >= 15 is 0 Å². The Labute approximate surface area is 374 Å². The molecule has 15 rings (SSSR count). The van der Waals surface area contributed by atoms with E-state index in [-0.39, 0.29) is 0 Å². The number of rotatable bonds is 3. The van der Waals surface area contributed by atoms with Gasteiger partial charge in [-0.25, -0.2) is 15.0 Å². The average molecular weight is 850 g/mol. The molecule has 9 aromatic carbocycles. The first-order valence-corrected chi connectivity index (χ1v) is 23.2. The summed E-state index contributed by atoms with van der Waals surface area (Å²) < 4.78 is 11.5. The SMILES string of the molecule is c1ccc(-c2nc(-c3ccc4c(c3)oc3ccccc34)nc(-c3ccc4sc5ccc6c(c5c4c3)C3(c4ccccc4-c4ccccc43)c3cc4sc5ccccc5c4cc3-6)n2)cc1. The molecule has 0 aliphatic heterocycles. The van der Waals surface area contributed by atoms with Crippen LogP contribution in [0.2, 0.25) is 0 Å². The molecule has 0 fully saturated rings. The van der Waals surface area contributed by atoms with Crippen LogP contribution < -0.4 is 0 Å². The zero-order valence-corrected chi connectivity index (χ0v) is 35.6. The molecule has 0 amide bonds. The average Bonchev–Trinajstić information content (AvgIpc) is 4.15. The maximum Gasteiger partial charge on any atom is 0.164 e. The Morgan fingerprint density at radius 2 is 0.953 bits per heavy atom. The van der Waals surface area contributed by atoms with Crippen LogP contribution in [0.3, 0.4) is 0 Å². The first-order chi connectivity index (χ1) is 31.7. The summed E-state index contributed by atoms with van der Waals surface area (Å²) in [6.45, 7) is 0. The monoisotopic (exact) mass is 849 g/mol. The molecular formula is C58H31N3OS2. The second-order valence-electron chi connectivity index (χ2n) is 17.0. The van der Waals surface area contributed by atoms with Gasteiger partial charge in [-0.05, 0) is 105 Å². The Kier molecular flexibility index (Phi) is 6.88. The molecule has 0 N–H and O–H groups in total. The summed E-state index contributed by atoms with van der Waals surface area (Å²) in [5.74, 6) is 1.86. The van der Waals surface area contributed by atoms with Gasteiger partial charge in [0, 0.05) is 67.8 Å². The van der Waals surface area contributed by atoms with Crippen molar-refractivity contribution in [3.05, 3.63) is 210 Å². The van der Waals surface area contributed by atoms with E-state index in [1.807, 2.05) is 59.1 Å². The molecule has 0 atom stereocenters. The Hall–Kier alpha value is -7.77. The maximum atomic E-state index is 6.34. The van der Waals surface area contributed by atoms with Crippen LogP contribution in [-0.4, -0.2) is 15.0 Å². The topological polar surface area (TPSA) is 51.8 Å². The molecule has 2 aliphatic rings. The van der Waals surface area contributed by atoms with Gasteiger partial charge in [0.15, 0.2) is 17.5 Å². The van der Waals surface area contributed by atoms with Crippen molar-refractivity contribution in [2.45, 2.75) is 5.41 Å². The molecule has 0 radical (unpaired) electrons. The first kappa shape index (κ1) is 34.8. The molecule has 0 bridgehead atoms. The maximum absolute atomic E-state index is 6.34. The summed E-state index contributed by atoms with van der Waals surface area (Å²) in [5, 5.41) is 7.30. The molecule has 0 saturated heterocycles. The fraction of sp³-hybridized carbons (Fsp3) is 0.0172. The highest BCUT2D eigenvalue weighted by Gasteiger charge is 2.53. The molecule has 4 nitrogen and oxygen atoms in total. The van der Waals surface area contributed by atoms with E-state index in [0.717, 1.165) is 38.6 Å². The predicted octanol–water partition coefficient (Wildman–Crippen LogP) is 15.9. The van der Waals surface area contributed by atoms with Crippen molar-refractivity contribution in [2.75, 3.05) is 0 Å². The number of furan rings is 1. The van der Waals surface area contributed by atoms with Gasteiger partial charge in [0.05, 0.1) is 5.41 Å². The minimum atomic E-state index is -0.512. The molecule has 296 valence electrons. The molecule has 0 saturated carbocycles. The highest BCUT2D eigenvalue weighted by Crippen LogP contribution is 2.66. The van der Waals surface area contributed by atoms with Gasteiger partial charge in [0.2, 0.25) is 0 Å². The van der Waals surface area contributed by atoms with E-state index in [9.17, 15) is 0 Å². The zero-order valence-electron chi connectivity index (χ0n) is 34.0. The van der Waals surface area contributed by atoms with Crippen LogP contribution >= 0.6 is 22.7 Å². The van der Waals surface area contributed by atoms with Crippen molar-refractivity contribution in [2.24, 2.45) is 0 Å². The molecule has 0 unspecified atom stereocenters. The first-order valence-electron chi connectivity index (χ1n) is 21.6. The molecule has 13 aromatic rings. The van der Waals surface area contributed by atoms with E-state index < -0.39 is 5.41 Å². The number of benzene rings is 9. The van der Waals surface area contributed by atoms with E-state index in [4.69, 9.17) is 19.4 Å². The second-order valence-corrected chi connectivity index (χ2v) is 19.2. The molecule has 1 spiro atoms. The fourth-order valence-corrected chi connectivity index (χ4v) is 13.3. The van der Waals surface area contributed by atoms with Crippen molar-refractivity contribution in [1.82, 2.24) is 15.0 Å². The summed E-state index contributed by atoms with van der Waals surface area (Å²) in [6, 6.07) is 68.2. The van der Waals surface area contributed by atoms with Crippen molar-refractivity contribution < 1.29 is 4.42 Å². The van der Waals surface area contributed by atoms with E-state index in [1.165, 1.54) is 84.9 Å². The van der Waals surface area contributed by atoms with Crippen LogP contribution in [0.1, 0.15) is 22.3 Å². The number of aromatic nitrogens is 3. The van der Waals surface area contributed by atoms with Gasteiger partial charge < -0.3 is 4.42 Å². The number of para-hydroxylation sites is 1. The van der Waals surface area contributed by atoms with Gasteiger partial charge in [-0.2, -0.15) is 0 Å². The normalized spacial score (nSPS) is 13.4. The van der Waals surface area contributed by atoms with Crippen molar-refractivity contribution >= 4 is 85.0 Å². The van der Waals surface area contributed by atoms with Gasteiger partial charge in [-0.3, -0.25) is 0 Å². The molecular weight excluding hydrogens is 819 g/mol. The van der Waals surface area contributed by atoms with Crippen LogP contribution in [0, 0.1) is 0 Å². The van der Waals surface area contributed by atoms with Crippen molar-refractivity contribution in [1.29, 1.82) is 0 Å². The molecule has 4 aromatic heterocycles. The summed E-state index contributed by atoms with van der Waals surface area (Å²) >= 11 is 3.76. The minimum Gasteiger partial charge on any atom is -0.456 e. The van der Waals surface area contributed by atoms with Crippen molar-refractivity contribution in [3.8, 4) is 56.4 Å². The molecule has 64 heavy (non-hydrogen) atoms. The second kappa shape index (κ2) is 12.7. The van der Waals surface area contributed by atoms with Crippen LogP contribution in [0.25, 0.3) is 119 Å². The number of nitrogens with zero attached hydrogens (tertiary/aromatic N) is 3. The van der Waals surface area contributed by atoms with E-state index in [1.54, 1.807) is 0 Å². The lowest BCUT2D eigenvalue weighted by Crippen LogP contribution is -2.26. The van der Waals surface area contributed by atoms with Gasteiger partial charge in [-0.1, -0.05) is 127 Å². The third kappa shape index (κ3) is 4.58. The van der Waals surface area contributed by atoms with Gasteiger partial charge >= 0.3 is 0 Å². The standard InChI is InChI=1S/C58H31N3OS2/c1-2-12-32(13-3-1)55-59-56(61-57(60-55)34-22-24-38-37-16-6-10-20-47(37)62-48(38)29-34)33-23-26-50-43(28-33)53-51(63-50)27-25-40-41-30-42-39-17-7-11-21-49(39)64-52(42)31-46(41)58(54(40)53)44-18-8-4-14-35(44)36-15-5-9-19-45(36)58/h1-31H. The Balaban J connectivity index is 1.00. The van der Waals surface area contributed by atoms with E-state index in [2.05, 4.69) is 152 Å². The predicted molar refractivity (Wildman–Crippen MR) is 265 cm³/mol. The largest absolute Gasteiger partial charge is 0.456 e. The van der Waals surface area contributed by atoms with E-state index in [0.29, 0.717) is 17.5 Å². The summed E-state index contributed by atoms with van der Waals surface area (Å²) in [5.41, 5.74) is 14.5. The fourth-order valence-electron chi connectivity index (χ4n) is 11.1. The van der Waals surface area contributed by atoms with Crippen molar-refractivity contribution in [3.63, 3.8) is 0 Å². The van der Waals surface area contributed by atoms with Crippen LogP contribution in [0.4, 0.5) is 0 Å².